The van der Waals surface area contributed by atoms with E-state index in [1.165, 1.54) is 0 Å². The molecule has 0 amide bonds. The third-order valence-corrected chi connectivity index (χ3v) is 0.705. The largest absolute Gasteiger partial charge is 0.369 e. The zero-order valence-corrected chi connectivity index (χ0v) is 5.52. The monoisotopic (exact) mass is 132 g/mol. The molecule has 0 aliphatic heterocycles. The highest BCUT2D eigenvalue weighted by atomic mass is 16.7. The molecule has 4 heteroatoms. The first-order chi connectivity index (χ1) is 4.31. The fourth-order valence-electron chi connectivity index (χ4n) is 0.275. The zero-order chi connectivity index (χ0) is 7.11. The number of rotatable bonds is 4. The standard InChI is InChI=1S/C5H12N2O2/c1-2-3-7-9-5(8)4-6/h7H,2-4,6H2,1H3. The quantitative estimate of drug-likeness (QED) is 0.396. The molecule has 0 heterocycles. The van der Waals surface area contributed by atoms with E-state index in [9.17, 15) is 4.79 Å². The van der Waals surface area contributed by atoms with E-state index in [2.05, 4.69) is 10.3 Å². The Labute approximate surface area is 54.3 Å². The number of nitrogens with two attached hydrogens (primary N) is 1. The topological polar surface area (TPSA) is 64.3 Å². The predicted molar refractivity (Wildman–Crippen MR) is 33.4 cm³/mol. The molecule has 0 spiro atoms. The van der Waals surface area contributed by atoms with Crippen LogP contribution in [0.5, 0.6) is 0 Å². The summed E-state index contributed by atoms with van der Waals surface area (Å²) in [7, 11) is 0. The summed E-state index contributed by atoms with van der Waals surface area (Å²) >= 11 is 0. The van der Waals surface area contributed by atoms with Gasteiger partial charge in [0, 0.05) is 6.54 Å². The van der Waals surface area contributed by atoms with E-state index in [0.717, 1.165) is 6.42 Å². The molecule has 0 atom stereocenters. The van der Waals surface area contributed by atoms with Crippen molar-refractivity contribution in [3.8, 4) is 0 Å². The second-order valence-electron chi connectivity index (χ2n) is 1.57. The Balaban J connectivity index is 2.97. The van der Waals surface area contributed by atoms with E-state index in [1.54, 1.807) is 0 Å². The molecule has 4 nitrogen and oxygen atoms in total. The minimum Gasteiger partial charge on any atom is -0.369 e. The van der Waals surface area contributed by atoms with Crippen LogP contribution in [0.2, 0.25) is 0 Å². The van der Waals surface area contributed by atoms with Crippen molar-refractivity contribution in [3.05, 3.63) is 0 Å². The molecule has 0 rings (SSSR count). The first-order valence-corrected chi connectivity index (χ1v) is 2.93. The van der Waals surface area contributed by atoms with Crippen LogP contribution < -0.4 is 11.2 Å². The van der Waals surface area contributed by atoms with Crippen LogP contribution in [0.1, 0.15) is 13.3 Å². The summed E-state index contributed by atoms with van der Waals surface area (Å²) in [6.45, 7) is 2.58. The summed E-state index contributed by atoms with van der Waals surface area (Å²) in [5, 5.41) is 0. The Kier molecular flexibility index (Phi) is 5.15. The van der Waals surface area contributed by atoms with Gasteiger partial charge in [-0.2, -0.15) is 5.48 Å². The molecular formula is C5H12N2O2. The van der Waals surface area contributed by atoms with E-state index in [1.807, 2.05) is 6.92 Å². The highest BCUT2D eigenvalue weighted by Crippen LogP contribution is 1.71. The van der Waals surface area contributed by atoms with E-state index < -0.39 is 5.97 Å². The van der Waals surface area contributed by atoms with Gasteiger partial charge in [0.05, 0.1) is 6.54 Å². The molecule has 0 aromatic heterocycles. The maximum atomic E-state index is 10.3. The van der Waals surface area contributed by atoms with E-state index in [4.69, 9.17) is 5.73 Å². The Morgan fingerprint density at radius 2 is 2.44 bits per heavy atom. The van der Waals surface area contributed by atoms with Crippen LogP contribution in [0.4, 0.5) is 0 Å². The molecule has 0 aliphatic carbocycles. The molecule has 0 aromatic rings. The van der Waals surface area contributed by atoms with Crippen LogP contribution in [-0.4, -0.2) is 19.1 Å². The smallest absolute Gasteiger partial charge is 0.338 e. The minimum atomic E-state index is -0.427. The van der Waals surface area contributed by atoms with Crippen LogP contribution in [0.15, 0.2) is 0 Å². The summed E-state index contributed by atoms with van der Waals surface area (Å²) in [6.07, 6.45) is 0.928. The van der Waals surface area contributed by atoms with Crippen molar-refractivity contribution < 1.29 is 9.63 Å². The molecule has 3 N–H and O–H groups in total. The van der Waals surface area contributed by atoms with Crippen LogP contribution >= 0.6 is 0 Å². The predicted octanol–water partition coefficient (Wildman–Crippen LogP) is -0.597. The second-order valence-corrected chi connectivity index (χ2v) is 1.57. The summed E-state index contributed by atoms with van der Waals surface area (Å²) < 4.78 is 0. The lowest BCUT2D eigenvalue weighted by Gasteiger charge is -2.00. The number of hydrogen-bond acceptors (Lipinski definition) is 4. The van der Waals surface area contributed by atoms with Gasteiger partial charge in [-0.05, 0) is 6.42 Å². The Morgan fingerprint density at radius 3 is 2.89 bits per heavy atom. The van der Waals surface area contributed by atoms with Gasteiger partial charge in [-0.1, -0.05) is 6.92 Å². The minimum absolute atomic E-state index is 0.0727. The van der Waals surface area contributed by atoms with Crippen molar-refractivity contribution >= 4 is 5.97 Å². The molecular weight excluding hydrogens is 120 g/mol. The van der Waals surface area contributed by atoms with Gasteiger partial charge in [0.25, 0.3) is 0 Å². The number of nitrogens with one attached hydrogen (secondary N) is 1. The van der Waals surface area contributed by atoms with Crippen LogP contribution in [0.25, 0.3) is 0 Å². The number of carbonyl (C=O) groups excluding carboxylic acids is 1. The van der Waals surface area contributed by atoms with Crippen molar-refractivity contribution in [1.82, 2.24) is 5.48 Å². The lowest BCUT2D eigenvalue weighted by Crippen LogP contribution is -2.25. The maximum absolute atomic E-state index is 10.3. The van der Waals surface area contributed by atoms with Crippen LogP contribution in [-0.2, 0) is 9.63 Å². The molecule has 54 valence electrons. The highest BCUT2D eigenvalue weighted by Gasteiger charge is 1.94. The van der Waals surface area contributed by atoms with Crippen LogP contribution in [0.3, 0.4) is 0 Å². The fourth-order valence-corrected chi connectivity index (χ4v) is 0.275. The van der Waals surface area contributed by atoms with E-state index >= 15 is 0 Å². The molecule has 9 heavy (non-hydrogen) atoms. The summed E-state index contributed by atoms with van der Waals surface area (Å²) in [4.78, 5) is 14.7. The normalized spacial score (nSPS) is 9.11. The van der Waals surface area contributed by atoms with Crippen molar-refractivity contribution in [3.63, 3.8) is 0 Å². The highest BCUT2D eigenvalue weighted by molar-refractivity contribution is 5.70. The lowest BCUT2D eigenvalue weighted by molar-refractivity contribution is -0.149. The average molecular weight is 132 g/mol. The van der Waals surface area contributed by atoms with Gasteiger partial charge in [0.1, 0.15) is 0 Å². The first kappa shape index (κ1) is 8.39. The maximum Gasteiger partial charge on any atom is 0.338 e. The van der Waals surface area contributed by atoms with Crippen molar-refractivity contribution in [2.75, 3.05) is 13.1 Å². The Morgan fingerprint density at radius 1 is 1.78 bits per heavy atom. The van der Waals surface area contributed by atoms with Crippen molar-refractivity contribution in [2.24, 2.45) is 5.73 Å². The molecule has 0 saturated heterocycles. The van der Waals surface area contributed by atoms with Crippen molar-refractivity contribution in [1.29, 1.82) is 0 Å². The van der Waals surface area contributed by atoms with E-state index in [-0.39, 0.29) is 6.54 Å². The molecule has 0 aromatic carbocycles. The lowest BCUT2D eigenvalue weighted by atomic mass is 10.5. The second kappa shape index (κ2) is 5.53. The summed E-state index contributed by atoms with van der Waals surface area (Å²) in [6, 6.07) is 0. The SMILES string of the molecule is CCCNOC(=O)CN. The van der Waals surface area contributed by atoms with Gasteiger partial charge in [-0.25, -0.2) is 4.79 Å². The third kappa shape index (κ3) is 5.26. The van der Waals surface area contributed by atoms with Gasteiger partial charge in [-0.15, -0.1) is 0 Å². The third-order valence-electron chi connectivity index (χ3n) is 0.705. The molecule has 0 bridgehead atoms. The van der Waals surface area contributed by atoms with Crippen molar-refractivity contribution in [2.45, 2.75) is 13.3 Å². The fraction of sp³-hybridized carbons (Fsp3) is 0.800. The Bertz CT molecular complexity index is 85.0. The molecule has 0 fully saturated rings. The molecule has 0 saturated carbocycles. The Hall–Kier alpha value is -0.610. The van der Waals surface area contributed by atoms with Gasteiger partial charge in [0.15, 0.2) is 0 Å². The summed E-state index contributed by atoms with van der Waals surface area (Å²) in [5.41, 5.74) is 7.40. The first-order valence-electron chi connectivity index (χ1n) is 2.93. The van der Waals surface area contributed by atoms with E-state index in [0.29, 0.717) is 6.54 Å². The van der Waals surface area contributed by atoms with Gasteiger partial charge in [-0.3, -0.25) is 0 Å². The molecule has 0 unspecified atom stereocenters. The molecule has 0 aliphatic rings. The summed E-state index contributed by atoms with van der Waals surface area (Å²) in [5.74, 6) is -0.427. The number of carbonyl (C=O) groups is 1. The average Bonchev–Trinajstić information content (AvgIpc) is 1.89. The van der Waals surface area contributed by atoms with Crippen LogP contribution in [0, 0.1) is 0 Å². The zero-order valence-electron chi connectivity index (χ0n) is 5.52. The van der Waals surface area contributed by atoms with Gasteiger partial charge >= 0.3 is 5.97 Å². The number of hydroxylamine groups is 1. The van der Waals surface area contributed by atoms with Gasteiger partial charge < -0.3 is 10.6 Å². The number of hydrogen-bond donors (Lipinski definition) is 2. The molecule has 0 radical (unpaired) electrons. The van der Waals surface area contributed by atoms with Gasteiger partial charge in [0.2, 0.25) is 0 Å².